The van der Waals surface area contributed by atoms with Crippen molar-refractivity contribution in [3.8, 4) is 0 Å². The van der Waals surface area contributed by atoms with Crippen LogP contribution < -0.4 is 11.1 Å². The Labute approximate surface area is 122 Å². The lowest BCUT2D eigenvalue weighted by Crippen LogP contribution is -1.97. The highest BCUT2D eigenvalue weighted by Gasteiger charge is 2.07. The predicted octanol–water partition coefficient (Wildman–Crippen LogP) is 4.98. The van der Waals surface area contributed by atoms with E-state index in [1.807, 2.05) is 13.0 Å². The summed E-state index contributed by atoms with van der Waals surface area (Å²) in [5, 5.41) is 3.04. The fourth-order valence-corrected chi connectivity index (χ4v) is 2.32. The molecule has 18 heavy (non-hydrogen) atoms. The Balaban J connectivity index is 2.37. The Hall–Kier alpha value is -1.07. The fourth-order valence-electron chi connectivity index (χ4n) is 1.53. The average Bonchev–Trinajstić information content (AvgIpc) is 2.29. The van der Waals surface area contributed by atoms with Crippen molar-refractivity contribution in [2.45, 2.75) is 6.92 Å². The fraction of sp³-hybridized carbons (Fsp3) is 0.0769. The third-order valence-electron chi connectivity index (χ3n) is 2.56. The van der Waals surface area contributed by atoms with E-state index >= 15 is 0 Å². The van der Waals surface area contributed by atoms with Gasteiger partial charge in [-0.2, -0.15) is 0 Å². The molecule has 0 aromatic heterocycles. The zero-order valence-corrected chi connectivity index (χ0v) is 12.8. The summed E-state index contributed by atoms with van der Waals surface area (Å²) in [4.78, 5) is 0. The molecule has 0 bridgehead atoms. The molecule has 0 radical (unpaired) electrons. The molecule has 0 unspecified atom stereocenters. The van der Waals surface area contributed by atoms with E-state index in [2.05, 4.69) is 37.2 Å². The molecule has 3 N–H and O–H groups in total. The summed E-state index contributed by atoms with van der Waals surface area (Å²) in [7, 11) is 0. The number of benzene rings is 2. The van der Waals surface area contributed by atoms with Crippen LogP contribution in [0.2, 0.25) is 0 Å². The van der Waals surface area contributed by atoms with Crippen LogP contribution in [0.5, 0.6) is 0 Å². The van der Waals surface area contributed by atoms with E-state index in [1.165, 1.54) is 6.07 Å². The summed E-state index contributed by atoms with van der Waals surface area (Å²) in [5.74, 6) is -0.314. The number of nitrogens with one attached hydrogen (secondary N) is 1. The highest BCUT2D eigenvalue weighted by atomic mass is 79.9. The first-order valence-electron chi connectivity index (χ1n) is 5.25. The topological polar surface area (TPSA) is 38.0 Å². The van der Waals surface area contributed by atoms with Gasteiger partial charge in [-0.3, -0.25) is 0 Å². The van der Waals surface area contributed by atoms with E-state index in [9.17, 15) is 4.39 Å². The number of halogens is 3. The first-order valence-corrected chi connectivity index (χ1v) is 6.83. The molecule has 0 aliphatic heterocycles. The van der Waals surface area contributed by atoms with E-state index in [4.69, 9.17) is 5.73 Å². The molecule has 2 nitrogen and oxygen atoms in total. The average molecular weight is 374 g/mol. The number of nitrogens with two attached hydrogens (primary N) is 1. The Morgan fingerprint density at radius 3 is 2.50 bits per heavy atom. The predicted molar refractivity (Wildman–Crippen MR) is 80.7 cm³/mol. The molecule has 0 fully saturated rings. The molecule has 2 aromatic rings. The molecule has 2 rings (SSSR count). The maximum Gasteiger partial charge on any atom is 0.147 e. The van der Waals surface area contributed by atoms with Gasteiger partial charge in [-0.15, -0.1) is 0 Å². The van der Waals surface area contributed by atoms with Crippen molar-refractivity contribution < 1.29 is 4.39 Å². The van der Waals surface area contributed by atoms with Crippen molar-refractivity contribution in [3.63, 3.8) is 0 Å². The second kappa shape index (κ2) is 5.28. The number of anilines is 3. The smallest absolute Gasteiger partial charge is 0.147 e. The van der Waals surface area contributed by atoms with E-state index in [0.717, 1.165) is 15.7 Å². The van der Waals surface area contributed by atoms with Crippen molar-refractivity contribution in [3.05, 3.63) is 50.7 Å². The molecule has 0 spiro atoms. The Bertz CT molecular complexity index is 600. The zero-order chi connectivity index (χ0) is 13.3. The summed E-state index contributed by atoms with van der Waals surface area (Å²) >= 11 is 6.63. The molecule has 5 heteroatoms. The third-order valence-corrected chi connectivity index (χ3v) is 3.71. The first kappa shape index (κ1) is 13.4. The van der Waals surface area contributed by atoms with Crippen LogP contribution in [0.4, 0.5) is 21.5 Å². The molecular weight excluding hydrogens is 363 g/mol. The van der Waals surface area contributed by atoms with Gasteiger partial charge in [-0.05, 0) is 58.7 Å². The Kier molecular flexibility index (Phi) is 3.92. The van der Waals surface area contributed by atoms with Crippen LogP contribution in [-0.4, -0.2) is 0 Å². The molecule has 0 saturated carbocycles. The molecule has 0 amide bonds. The number of aryl methyl sites for hydroxylation is 1. The van der Waals surface area contributed by atoms with Gasteiger partial charge < -0.3 is 11.1 Å². The number of rotatable bonds is 2. The maximum absolute atomic E-state index is 13.7. The minimum atomic E-state index is -0.314. The van der Waals surface area contributed by atoms with Crippen molar-refractivity contribution in [2.75, 3.05) is 11.1 Å². The standard InChI is InChI=1S/C13H11Br2FN2/c1-7-4-13(9(15)6-11(7)17)18-12-3-2-8(14)5-10(12)16/h2-6,18H,17H2,1H3. The van der Waals surface area contributed by atoms with Crippen LogP contribution in [0.25, 0.3) is 0 Å². The van der Waals surface area contributed by atoms with E-state index < -0.39 is 0 Å². The minimum absolute atomic E-state index is 0.314. The van der Waals surface area contributed by atoms with Crippen LogP contribution in [0.1, 0.15) is 5.56 Å². The van der Waals surface area contributed by atoms with E-state index in [0.29, 0.717) is 15.8 Å². The van der Waals surface area contributed by atoms with Gasteiger partial charge in [0.15, 0.2) is 0 Å². The summed E-state index contributed by atoms with van der Waals surface area (Å²) in [6.45, 7) is 1.91. The molecule has 2 aromatic carbocycles. The summed E-state index contributed by atoms with van der Waals surface area (Å²) in [6.07, 6.45) is 0. The van der Waals surface area contributed by atoms with Crippen molar-refractivity contribution >= 4 is 48.9 Å². The summed E-state index contributed by atoms with van der Waals surface area (Å²) in [5.41, 5.74) is 8.64. The van der Waals surface area contributed by atoms with E-state index in [-0.39, 0.29) is 5.82 Å². The lowest BCUT2D eigenvalue weighted by Gasteiger charge is -2.12. The van der Waals surface area contributed by atoms with Gasteiger partial charge in [-0.1, -0.05) is 15.9 Å². The maximum atomic E-state index is 13.7. The zero-order valence-electron chi connectivity index (χ0n) is 9.60. The van der Waals surface area contributed by atoms with Crippen LogP contribution in [-0.2, 0) is 0 Å². The minimum Gasteiger partial charge on any atom is -0.398 e. The summed E-state index contributed by atoms with van der Waals surface area (Å²) in [6, 6.07) is 8.55. The van der Waals surface area contributed by atoms with Crippen molar-refractivity contribution in [1.82, 2.24) is 0 Å². The molecule has 94 valence electrons. The second-order valence-electron chi connectivity index (χ2n) is 3.94. The van der Waals surface area contributed by atoms with Gasteiger partial charge in [0, 0.05) is 14.6 Å². The molecule has 0 aliphatic carbocycles. The van der Waals surface area contributed by atoms with Gasteiger partial charge in [0.25, 0.3) is 0 Å². The third kappa shape index (κ3) is 2.84. The molecule has 0 heterocycles. The number of hydrogen-bond acceptors (Lipinski definition) is 2. The lowest BCUT2D eigenvalue weighted by atomic mass is 10.2. The Morgan fingerprint density at radius 1 is 1.11 bits per heavy atom. The number of hydrogen-bond donors (Lipinski definition) is 2. The van der Waals surface area contributed by atoms with Gasteiger partial charge in [0.2, 0.25) is 0 Å². The van der Waals surface area contributed by atoms with Gasteiger partial charge in [0.05, 0.1) is 11.4 Å². The monoisotopic (exact) mass is 372 g/mol. The lowest BCUT2D eigenvalue weighted by molar-refractivity contribution is 0.631. The Morgan fingerprint density at radius 2 is 1.83 bits per heavy atom. The normalized spacial score (nSPS) is 10.4. The first-order chi connectivity index (χ1) is 8.47. The van der Waals surface area contributed by atoms with Crippen LogP contribution in [0.15, 0.2) is 39.3 Å². The molecular formula is C13H11Br2FN2. The van der Waals surface area contributed by atoms with Gasteiger partial charge in [0.1, 0.15) is 5.82 Å². The quantitative estimate of drug-likeness (QED) is 0.728. The van der Waals surface area contributed by atoms with Crippen LogP contribution >= 0.6 is 31.9 Å². The number of nitrogen functional groups attached to an aromatic ring is 1. The second-order valence-corrected chi connectivity index (χ2v) is 5.71. The van der Waals surface area contributed by atoms with Gasteiger partial charge >= 0.3 is 0 Å². The molecule has 0 aliphatic rings. The molecule has 0 saturated heterocycles. The van der Waals surface area contributed by atoms with Crippen molar-refractivity contribution in [1.29, 1.82) is 0 Å². The van der Waals surface area contributed by atoms with Crippen LogP contribution in [0.3, 0.4) is 0 Å². The molecule has 0 atom stereocenters. The van der Waals surface area contributed by atoms with E-state index in [1.54, 1.807) is 18.2 Å². The van der Waals surface area contributed by atoms with Crippen molar-refractivity contribution in [2.24, 2.45) is 0 Å². The largest absolute Gasteiger partial charge is 0.398 e. The van der Waals surface area contributed by atoms with Crippen LogP contribution in [0, 0.1) is 12.7 Å². The highest BCUT2D eigenvalue weighted by molar-refractivity contribution is 9.10. The summed E-state index contributed by atoms with van der Waals surface area (Å²) < 4.78 is 15.2. The van der Waals surface area contributed by atoms with Gasteiger partial charge in [-0.25, -0.2) is 4.39 Å². The highest BCUT2D eigenvalue weighted by Crippen LogP contribution is 2.31. The SMILES string of the molecule is Cc1cc(Nc2ccc(Br)cc2F)c(Br)cc1N.